The fourth-order valence-electron chi connectivity index (χ4n) is 7.73. The Hall–Kier alpha value is -0.930. The van der Waals surface area contributed by atoms with Crippen molar-refractivity contribution in [3.8, 4) is 0 Å². The molecule has 0 bridgehead atoms. The van der Waals surface area contributed by atoms with Gasteiger partial charge < -0.3 is 10.2 Å². The van der Waals surface area contributed by atoms with E-state index < -0.39 is 5.60 Å². The van der Waals surface area contributed by atoms with Crippen LogP contribution in [0.4, 0.5) is 0 Å². The van der Waals surface area contributed by atoms with Gasteiger partial charge in [-0.05, 0) is 69.1 Å². The van der Waals surface area contributed by atoms with E-state index in [1.165, 1.54) is 12.0 Å². The first kappa shape index (κ1) is 17.2. The summed E-state index contributed by atoms with van der Waals surface area (Å²) in [5, 5.41) is 21.2. The number of carbonyl (C=O) groups excluding carboxylic acids is 1. The number of hydrogen-bond donors (Lipinski definition) is 2. The maximum Gasteiger partial charge on any atom is 0.137 e. The van der Waals surface area contributed by atoms with E-state index in [4.69, 9.17) is 0 Å². The van der Waals surface area contributed by atoms with Crippen LogP contribution in [-0.2, 0) is 4.79 Å². The standard InChI is InChI=1S/C23H32O3/c1-21-9-7-18-17-6-4-16(25)13-15(17)3-5-19(18)20(21)14-22(10-11-22)23(21,26)8-2-12-24/h2,8,18-20,24,26H,3-7,9-14H2,1H3/t18?,19?,20?,21-,23+/m0/s1. The van der Waals surface area contributed by atoms with E-state index in [9.17, 15) is 15.0 Å². The number of Topliss-reactive ketones (excluding diaryl/α,β-unsaturated/α-hetero) is 1. The van der Waals surface area contributed by atoms with E-state index in [2.05, 4.69) is 6.92 Å². The lowest BCUT2D eigenvalue weighted by Crippen LogP contribution is -2.52. The molecular formula is C23H32O3. The molecule has 0 amide bonds. The van der Waals surface area contributed by atoms with E-state index >= 15 is 0 Å². The van der Waals surface area contributed by atoms with Crippen LogP contribution >= 0.6 is 0 Å². The zero-order valence-corrected chi connectivity index (χ0v) is 16.0. The molecule has 0 heterocycles. The number of rotatable bonds is 2. The third kappa shape index (κ3) is 2.05. The summed E-state index contributed by atoms with van der Waals surface area (Å²) >= 11 is 0. The van der Waals surface area contributed by atoms with Gasteiger partial charge in [0.25, 0.3) is 0 Å². The molecule has 26 heavy (non-hydrogen) atoms. The van der Waals surface area contributed by atoms with Gasteiger partial charge in [-0.1, -0.05) is 30.2 Å². The van der Waals surface area contributed by atoms with Gasteiger partial charge in [0.1, 0.15) is 5.78 Å². The smallest absolute Gasteiger partial charge is 0.137 e. The maximum atomic E-state index is 11.9. The third-order valence-corrected chi connectivity index (χ3v) is 9.20. The van der Waals surface area contributed by atoms with E-state index in [0.29, 0.717) is 30.0 Å². The molecule has 142 valence electrons. The number of ketones is 1. The quantitative estimate of drug-likeness (QED) is 0.737. The Kier molecular flexibility index (Phi) is 3.66. The summed E-state index contributed by atoms with van der Waals surface area (Å²) in [7, 11) is 0. The summed E-state index contributed by atoms with van der Waals surface area (Å²) in [6, 6.07) is 0. The highest BCUT2D eigenvalue weighted by atomic mass is 16.3. The molecule has 5 rings (SSSR count). The number of aliphatic hydroxyl groups excluding tert-OH is 1. The SMILES string of the molecule is C[C@]12CCC3C4=C(CCC3C1CC1(CC1)[C@@]2(O)C=CCO)CC(=O)CC4. The molecular weight excluding hydrogens is 324 g/mol. The highest BCUT2D eigenvalue weighted by molar-refractivity contribution is 5.82. The van der Waals surface area contributed by atoms with Crippen LogP contribution in [0.25, 0.3) is 0 Å². The molecule has 0 aliphatic heterocycles. The molecule has 3 nitrogen and oxygen atoms in total. The van der Waals surface area contributed by atoms with Crippen LogP contribution in [0.2, 0.25) is 0 Å². The molecule has 3 saturated carbocycles. The molecule has 0 aromatic rings. The Bertz CT molecular complexity index is 700. The van der Waals surface area contributed by atoms with Crippen molar-refractivity contribution >= 4 is 5.78 Å². The molecule has 3 fully saturated rings. The van der Waals surface area contributed by atoms with Gasteiger partial charge in [-0.2, -0.15) is 0 Å². The summed E-state index contributed by atoms with van der Waals surface area (Å²) in [4.78, 5) is 11.9. The molecule has 5 atom stereocenters. The van der Waals surface area contributed by atoms with Gasteiger partial charge in [0.15, 0.2) is 0 Å². The van der Waals surface area contributed by atoms with Crippen LogP contribution in [0.1, 0.15) is 71.1 Å². The van der Waals surface area contributed by atoms with Gasteiger partial charge in [-0.15, -0.1) is 0 Å². The Labute approximate surface area is 156 Å². The third-order valence-electron chi connectivity index (χ3n) is 9.20. The van der Waals surface area contributed by atoms with Gasteiger partial charge in [-0.25, -0.2) is 0 Å². The molecule has 1 spiro atoms. The predicted molar refractivity (Wildman–Crippen MR) is 100 cm³/mol. The van der Waals surface area contributed by atoms with Crippen LogP contribution in [0.3, 0.4) is 0 Å². The lowest BCUT2D eigenvalue weighted by atomic mass is 9.52. The molecule has 5 aliphatic rings. The van der Waals surface area contributed by atoms with Gasteiger partial charge in [0.2, 0.25) is 0 Å². The van der Waals surface area contributed by atoms with Crippen molar-refractivity contribution in [1.82, 2.24) is 0 Å². The monoisotopic (exact) mass is 356 g/mol. The van der Waals surface area contributed by atoms with Crippen LogP contribution in [0.15, 0.2) is 23.3 Å². The summed E-state index contributed by atoms with van der Waals surface area (Å²) in [6.45, 7) is 2.34. The van der Waals surface area contributed by atoms with Crippen molar-refractivity contribution in [3.63, 3.8) is 0 Å². The first-order valence-corrected chi connectivity index (χ1v) is 10.7. The summed E-state index contributed by atoms with van der Waals surface area (Å²) in [5.41, 5.74) is 2.34. The maximum absolute atomic E-state index is 11.9. The Balaban J connectivity index is 1.51. The Morgan fingerprint density at radius 2 is 1.96 bits per heavy atom. The van der Waals surface area contributed by atoms with Gasteiger partial charge in [0.05, 0.1) is 12.2 Å². The van der Waals surface area contributed by atoms with E-state index in [1.54, 1.807) is 11.6 Å². The van der Waals surface area contributed by atoms with Crippen molar-refractivity contribution in [2.75, 3.05) is 6.61 Å². The van der Waals surface area contributed by atoms with Gasteiger partial charge in [-0.3, -0.25) is 4.79 Å². The molecule has 2 N–H and O–H groups in total. The second-order valence-corrected chi connectivity index (χ2v) is 10.1. The second-order valence-electron chi connectivity index (χ2n) is 10.1. The normalized spacial score (nSPS) is 46.4. The molecule has 0 aromatic heterocycles. The minimum Gasteiger partial charge on any atom is -0.392 e. The molecule has 3 heteroatoms. The molecule has 5 aliphatic carbocycles. The van der Waals surface area contributed by atoms with E-state index in [-0.39, 0.29) is 17.4 Å². The Morgan fingerprint density at radius 3 is 2.69 bits per heavy atom. The van der Waals surface area contributed by atoms with Crippen molar-refractivity contribution in [3.05, 3.63) is 23.3 Å². The van der Waals surface area contributed by atoms with Crippen molar-refractivity contribution in [1.29, 1.82) is 0 Å². The van der Waals surface area contributed by atoms with Crippen LogP contribution in [-0.4, -0.2) is 28.2 Å². The zero-order valence-electron chi connectivity index (χ0n) is 16.0. The minimum absolute atomic E-state index is 0.00939. The summed E-state index contributed by atoms with van der Waals surface area (Å²) in [6.07, 6.45) is 14.1. The fourth-order valence-corrected chi connectivity index (χ4v) is 7.73. The summed E-state index contributed by atoms with van der Waals surface area (Å²) in [5.74, 6) is 2.34. The number of hydrogen-bond acceptors (Lipinski definition) is 3. The van der Waals surface area contributed by atoms with Crippen LogP contribution in [0, 0.1) is 28.6 Å². The lowest BCUT2D eigenvalue weighted by molar-refractivity contribution is -0.119. The average molecular weight is 357 g/mol. The van der Waals surface area contributed by atoms with E-state index in [0.717, 1.165) is 51.4 Å². The van der Waals surface area contributed by atoms with Crippen molar-refractivity contribution in [2.45, 2.75) is 76.7 Å². The number of allylic oxidation sites excluding steroid dienone is 2. The van der Waals surface area contributed by atoms with Gasteiger partial charge >= 0.3 is 0 Å². The highest BCUT2D eigenvalue weighted by Crippen LogP contribution is 2.76. The van der Waals surface area contributed by atoms with Crippen LogP contribution in [0.5, 0.6) is 0 Å². The predicted octanol–water partition coefficient (Wildman–Crippen LogP) is 3.94. The van der Waals surface area contributed by atoms with Gasteiger partial charge in [0, 0.05) is 23.7 Å². The number of fused-ring (bicyclic) bond motifs is 4. The molecule has 0 aromatic carbocycles. The molecule has 0 radical (unpaired) electrons. The first-order chi connectivity index (χ1) is 12.4. The number of aliphatic hydroxyl groups is 2. The minimum atomic E-state index is -0.754. The highest BCUT2D eigenvalue weighted by Gasteiger charge is 2.74. The largest absolute Gasteiger partial charge is 0.392 e. The van der Waals surface area contributed by atoms with E-state index in [1.807, 2.05) is 6.08 Å². The molecule has 3 unspecified atom stereocenters. The van der Waals surface area contributed by atoms with Crippen molar-refractivity contribution < 1.29 is 15.0 Å². The fraction of sp³-hybridized carbons (Fsp3) is 0.783. The Morgan fingerprint density at radius 1 is 1.15 bits per heavy atom. The second kappa shape index (κ2) is 5.54. The molecule has 0 saturated heterocycles. The number of carbonyl (C=O) groups is 1. The zero-order chi connectivity index (χ0) is 18.2. The first-order valence-electron chi connectivity index (χ1n) is 10.7. The lowest BCUT2D eigenvalue weighted by Gasteiger charge is -2.54. The average Bonchev–Trinajstić information content (AvgIpc) is 3.39. The topological polar surface area (TPSA) is 57.5 Å². The van der Waals surface area contributed by atoms with Crippen LogP contribution < -0.4 is 0 Å². The van der Waals surface area contributed by atoms with Crippen molar-refractivity contribution in [2.24, 2.45) is 28.6 Å². The summed E-state index contributed by atoms with van der Waals surface area (Å²) < 4.78 is 0.